The topological polar surface area (TPSA) is 50.2 Å². The van der Waals surface area contributed by atoms with Crippen molar-refractivity contribution in [1.82, 2.24) is 9.88 Å². The molecule has 196 valence electrons. The lowest BCUT2D eigenvalue weighted by Crippen LogP contribution is -2.47. The van der Waals surface area contributed by atoms with Crippen LogP contribution in [0.25, 0.3) is 0 Å². The first-order valence-corrected chi connectivity index (χ1v) is 12.4. The lowest BCUT2D eigenvalue weighted by molar-refractivity contribution is -0.137. The Balaban J connectivity index is 1.22. The van der Waals surface area contributed by atoms with Crippen molar-refractivity contribution in [3.8, 4) is 5.75 Å². The van der Waals surface area contributed by atoms with E-state index in [4.69, 9.17) is 32.8 Å². The van der Waals surface area contributed by atoms with Crippen LogP contribution in [0.2, 0.25) is 10.0 Å². The van der Waals surface area contributed by atoms with Crippen LogP contribution in [0.1, 0.15) is 16.7 Å². The quantitative estimate of drug-likeness (QED) is 0.235. The number of aromatic nitrogens is 1. The Labute approximate surface area is 223 Å². The van der Waals surface area contributed by atoms with E-state index in [-0.39, 0.29) is 5.02 Å². The van der Waals surface area contributed by atoms with Crippen LogP contribution >= 0.6 is 23.2 Å². The minimum absolute atomic E-state index is 0.00187. The summed E-state index contributed by atoms with van der Waals surface area (Å²) in [7, 11) is 0. The number of oxime groups is 1. The van der Waals surface area contributed by atoms with Crippen molar-refractivity contribution in [2.45, 2.75) is 12.8 Å². The van der Waals surface area contributed by atoms with Gasteiger partial charge in [0.15, 0.2) is 0 Å². The summed E-state index contributed by atoms with van der Waals surface area (Å²) >= 11 is 12.0. The third-order valence-corrected chi connectivity index (χ3v) is 6.35. The second-order valence-electron chi connectivity index (χ2n) is 8.38. The zero-order chi connectivity index (χ0) is 26.3. The highest BCUT2D eigenvalue weighted by Crippen LogP contribution is 2.33. The van der Waals surface area contributed by atoms with Crippen molar-refractivity contribution in [3.63, 3.8) is 0 Å². The van der Waals surface area contributed by atoms with Gasteiger partial charge < -0.3 is 14.5 Å². The van der Waals surface area contributed by atoms with Crippen molar-refractivity contribution in [1.29, 1.82) is 0 Å². The van der Waals surface area contributed by atoms with Gasteiger partial charge in [-0.2, -0.15) is 13.2 Å². The smallest absolute Gasteiger partial charge is 0.417 e. The monoisotopic (exact) mass is 552 g/mol. The van der Waals surface area contributed by atoms with Crippen molar-refractivity contribution in [3.05, 3.63) is 87.5 Å². The fourth-order valence-corrected chi connectivity index (χ4v) is 4.20. The number of pyridine rings is 1. The Bertz CT molecular complexity index is 1200. The number of halogens is 5. The Morgan fingerprint density at radius 1 is 1.00 bits per heavy atom. The molecule has 0 radical (unpaired) electrons. The molecule has 0 amide bonds. The van der Waals surface area contributed by atoms with E-state index in [0.29, 0.717) is 62.5 Å². The van der Waals surface area contributed by atoms with E-state index in [2.05, 4.69) is 15.0 Å². The summed E-state index contributed by atoms with van der Waals surface area (Å²) in [5, 5.41) is 4.72. The number of hydrogen-bond donors (Lipinski definition) is 0. The molecule has 3 aromatic rings. The highest BCUT2D eigenvalue weighted by atomic mass is 35.5. The maximum Gasteiger partial charge on any atom is 0.417 e. The number of ether oxygens (including phenoxy) is 1. The predicted octanol–water partition coefficient (Wildman–Crippen LogP) is 6.16. The van der Waals surface area contributed by atoms with E-state index in [1.165, 1.54) is 0 Å². The molecule has 0 unspecified atom stereocenters. The van der Waals surface area contributed by atoms with Crippen LogP contribution in [0.4, 0.5) is 19.0 Å². The first-order chi connectivity index (χ1) is 17.8. The molecule has 0 bridgehead atoms. The van der Waals surface area contributed by atoms with Crippen LogP contribution in [0, 0.1) is 0 Å². The Morgan fingerprint density at radius 3 is 2.43 bits per heavy atom. The molecule has 1 saturated heterocycles. The number of para-hydroxylation sites is 1. The SMILES string of the molecule is FC(F)(F)c1cnc(N2CCN(CCOc3ccccc3/C=N\OCc3ccc(Cl)cc3)CC2)c(Cl)c1. The number of rotatable bonds is 9. The zero-order valence-electron chi connectivity index (χ0n) is 19.8. The Hall–Kier alpha value is -3.01. The Kier molecular flexibility index (Phi) is 9.13. The van der Waals surface area contributed by atoms with E-state index in [1.807, 2.05) is 41.3 Å². The first-order valence-electron chi connectivity index (χ1n) is 11.6. The largest absolute Gasteiger partial charge is 0.492 e. The molecule has 37 heavy (non-hydrogen) atoms. The summed E-state index contributed by atoms with van der Waals surface area (Å²) in [6.45, 7) is 4.12. The number of nitrogens with zero attached hydrogens (tertiary/aromatic N) is 4. The molecule has 4 rings (SSSR count). The van der Waals surface area contributed by atoms with E-state index < -0.39 is 11.7 Å². The van der Waals surface area contributed by atoms with E-state index in [1.54, 1.807) is 18.3 Å². The fourth-order valence-electron chi connectivity index (χ4n) is 3.79. The summed E-state index contributed by atoms with van der Waals surface area (Å²) in [6.07, 6.45) is -2.03. The second-order valence-corrected chi connectivity index (χ2v) is 9.22. The molecular weight excluding hydrogens is 528 g/mol. The van der Waals surface area contributed by atoms with Gasteiger partial charge in [0, 0.05) is 49.5 Å². The van der Waals surface area contributed by atoms with Crippen LogP contribution < -0.4 is 9.64 Å². The number of anilines is 1. The van der Waals surface area contributed by atoms with Crippen LogP contribution in [0.15, 0.2) is 65.9 Å². The van der Waals surface area contributed by atoms with Gasteiger partial charge >= 0.3 is 6.18 Å². The number of benzene rings is 2. The van der Waals surface area contributed by atoms with Gasteiger partial charge in [0.1, 0.15) is 24.8 Å². The van der Waals surface area contributed by atoms with Gasteiger partial charge in [0.05, 0.1) is 16.8 Å². The lowest BCUT2D eigenvalue weighted by Gasteiger charge is -2.35. The standard InChI is InChI=1S/C26H25Cl2F3N4O2/c27-22-7-5-19(6-8-22)18-37-33-16-20-3-1-2-4-24(20)36-14-13-34-9-11-35(12-10-34)25-23(28)15-21(17-32-25)26(29,30)31/h1-8,15-17H,9-14,18H2/b33-16-. The van der Waals surface area contributed by atoms with E-state index >= 15 is 0 Å². The summed E-state index contributed by atoms with van der Waals surface area (Å²) in [4.78, 5) is 13.5. The first kappa shape index (κ1) is 27.0. The van der Waals surface area contributed by atoms with Gasteiger partial charge in [-0.05, 0) is 35.9 Å². The van der Waals surface area contributed by atoms with Crippen LogP contribution in [-0.4, -0.2) is 55.4 Å². The molecule has 0 atom stereocenters. The third-order valence-electron chi connectivity index (χ3n) is 5.82. The fraction of sp³-hybridized carbons (Fsp3) is 0.308. The molecule has 6 nitrogen and oxygen atoms in total. The molecule has 1 aliphatic heterocycles. The van der Waals surface area contributed by atoms with Gasteiger partial charge in [-0.3, -0.25) is 4.90 Å². The van der Waals surface area contributed by atoms with Gasteiger partial charge in [-0.15, -0.1) is 0 Å². The average molecular weight is 553 g/mol. The molecule has 0 spiro atoms. The molecule has 0 saturated carbocycles. The summed E-state index contributed by atoms with van der Waals surface area (Å²) in [6, 6.07) is 15.8. The highest BCUT2D eigenvalue weighted by molar-refractivity contribution is 6.33. The minimum atomic E-state index is -4.47. The Morgan fingerprint density at radius 2 is 1.73 bits per heavy atom. The molecular formula is C26H25Cl2F3N4O2. The predicted molar refractivity (Wildman–Crippen MR) is 139 cm³/mol. The minimum Gasteiger partial charge on any atom is -0.492 e. The average Bonchev–Trinajstić information content (AvgIpc) is 2.88. The molecule has 1 aromatic heterocycles. The summed E-state index contributed by atoms with van der Waals surface area (Å²) in [5.41, 5.74) is 0.907. The molecule has 0 aliphatic carbocycles. The van der Waals surface area contributed by atoms with E-state index in [0.717, 1.165) is 23.4 Å². The van der Waals surface area contributed by atoms with Gasteiger partial charge in [-0.1, -0.05) is 52.6 Å². The molecule has 1 aliphatic rings. The zero-order valence-corrected chi connectivity index (χ0v) is 21.3. The number of alkyl halides is 3. The van der Waals surface area contributed by atoms with Crippen molar-refractivity contribution < 1.29 is 22.7 Å². The molecule has 0 N–H and O–H groups in total. The molecule has 11 heteroatoms. The molecule has 2 heterocycles. The van der Waals surface area contributed by atoms with Gasteiger partial charge in [0.25, 0.3) is 0 Å². The van der Waals surface area contributed by atoms with Gasteiger partial charge in [0.2, 0.25) is 0 Å². The van der Waals surface area contributed by atoms with Crippen LogP contribution in [0.5, 0.6) is 5.75 Å². The van der Waals surface area contributed by atoms with Gasteiger partial charge in [-0.25, -0.2) is 4.98 Å². The van der Waals surface area contributed by atoms with Crippen molar-refractivity contribution >= 4 is 35.2 Å². The maximum absolute atomic E-state index is 12.9. The maximum atomic E-state index is 12.9. The van der Waals surface area contributed by atoms with Crippen LogP contribution in [0.3, 0.4) is 0 Å². The van der Waals surface area contributed by atoms with Crippen LogP contribution in [-0.2, 0) is 17.6 Å². The number of piperazine rings is 1. The number of hydrogen-bond acceptors (Lipinski definition) is 6. The summed E-state index contributed by atoms with van der Waals surface area (Å²) in [5.74, 6) is 1.07. The normalized spacial score (nSPS) is 14.8. The van der Waals surface area contributed by atoms with E-state index in [9.17, 15) is 13.2 Å². The summed E-state index contributed by atoms with van der Waals surface area (Å²) < 4.78 is 44.6. The second kappa shape index (κ2) is 12.5. The molecule has 2 aromatic carbocycles. The van der Waals surface area contributed by atoms with Crippen molar-refractivity contribution in [2.24, 2.45) is 5.16 Å². The third kappa shape index (κ3) is 7.74. The highest BCUT2D eigenvalue weighted by Gasteiger charge is 2.32. The van der Waals surface area contributed by atoms with Crippen molar-refractivity contribution in [2.75, 3.05) is 44.2 Å². The lowest BCUT2D eigenvalue weighted by atomic mass is 10.2. The molecule has 1 fully saturated rings.